The van der Waals surface area contributed by atoms with E-state index in [0.29, 0.717) is 0 Å². The van der Waals surface area contributed by atoms with Gasteiger partial charge in [0.2, 0.25) is 0 Å². The van der Waals surface area contributed by atoms with Crippen molar-refractivity contribution in [2.45, 2.75) is 13.3 Å². The van der Waals surface area contributed by atoms with Gasteiger partial charge in [0.15, 0.2) is 0 Å². The molecule has 6 nitrogen and oxygen atoms in total. The zero-order chi connectivity index (χ0) is 19.6. The van der Waals surface area contributed by atoms with Crippen LogP contribution in [0, 0.1) is 12.8 Å². The van der Waals surface area contributed by atoms with Crippen molar-refractivity contribution in [1.29, 1.82) is 0 Å². The van der Waals surface area contributed by atoms with Crippen LogP contribution in [0.15, 0.2) is 55.0 Å². The summed E-state index contributed by atoms with van der Waals surface area (Å²) in [6.07, 6.45) is 4.83. The number of fused-ring (bicyclic) bond motifs is 1. The summed E-state index contributed by atoms with van der Waals surface area (Å²) in [7, 11) is 0. The first kappa shape index (κ1) is 17.8. The van der Waals surface area contributed by atoms with Crippen molar-refractivity contribution in [3.8, 4) is 22.6 Å². The number of H-pyrrole nitrogens is 1. The van der Waals surface area contributed by atoms with Gasteiger partial charge in [0.1, 0.15) is 0 Å². The molecule has 29 heavy (non-hydrogen) atoms. The topological polar surface area (TPSA) is 78.5 Å². The molecule has 1 fully saturated rings. The largest absolute Gasteiger partial charge is 0.384 e. The molecular weight excluding hydrogens is 360 g/mol. The molecule has 0 amide bonds. The SMILES string of the molecule is Cc1cccc(-c2[nH]cnc2-c2ccc3ncc(NCCC4CNC4)cc3c2)n1. The second-order valence-corrected chi connectivity index (χ2v) is 7.66. The zero-order valence-electron chi connectivity index (χ0n) is 16.4. The summed E-state index contributed by atoms with van der Waals surface area (Å²) in [5.74, 6) is 0.802. The predicted octanol–water partition coefficient (Wildman–Crippen LogP) is 4.02. The maximum atomic E-state index is 4.64. The summed E-state index contributed by atoms with van der Waals surface area (Å²) < 4.78 is 0. The molecule has 3 aromatic heterocycles. The molecule has 0 saturated carbocycles. The molecule has 146 valence electrons. The maximum Gasteiger partial charge on any atom is 0.0977 e. The zero-order valence-corrected chi connectivity index (χ0v) is 16.4. The lowest BCUT2D eigenvalue weighted by atomic mass is 9.99. The molecule has 3 N–H and O–H groups in total. The first-order valence-corrected chi connectivity index (χ1v) is 10.1. The van der Waals surface area contributed by atoms with Gasteiger partial charge in [-0.15, -0.1) is 0 Å². The van der Waals surface area contributed by atoms with Crippen LogP contribution < -0.4 is 10.6 Å². The lowest BCUT2D eigenvalue weighted by Crippen LogP contribution is -2.42. The second-order valence-electron chi connectivity index (χ2n) is 7.66. The minimum atomic E-state index is 0.802. The van der Waals surface area contributed by atoms with Crippen molar-refractivity contribution in [2.24, 2.45) is 5.92 Å². The third kappa shape index (κ3) is 3.71. The first-order chi connectivity index (χ1) is 14.3. The molecule has 4 heterocycles. The molecule has 4 aromatic rings. The molecule has 1 aliphatic heterocycles. The fourth-order valence-electron chi connectivity index (χ4n) is 3.74. The van der Waals surface area contributed by atoms with Crippen molar-refractivity contribution in [3.63, 3.8) is 0 Å². The van der Waals surface area contributed by atoms with Crippen LogP contribution in [-0.4, -0.2) is 39.6 Å². The van der Waals surface area contributed by atoms with Crippen LogP contribution in [0.1, 0.15) is 12.1 Å². The summed E-state index contributed by atoms with van der Waals surface area (Å²) in [5, 5.41) is 7.93. The molecule has 0 aliphatic carbocycles. The van der Waals surface area contributed by atoms with E-state index >= 15 is 0 Å². The van der Waals surface area contributed by atoms with Crippen molar-refractivity contribution in [3.05, 3.63) is 60.7 Å². The Morgan fingerprint density at radius 2 is 2.03 bits per heavy atom. The Kier molecular flexibility index (Phi) is 4.69. The number of rotatable bonds is 6. The Hall–Kier alpha value is -3.25. The molecule has 1 aromatic carbocycles. The normalized spacial score (nSPS) is 14.1. The smallest absolute Gasteiger partial charge is 0.0977 e. The lowest BCUT2D eigenvalue weighted by molar-refractivity contribution is 0.334. The van der Waals surface area contributed by atoms with Gasteiger partial charge in [-0.1, -0.05) is 12.1 Å². The number of aromatic nitrogens is 4. The number of hydrogen-bond donors (Lipinski definition) is 3. The quantitative estimate of drug-likeness (QED) is 0.468. The lowest BCUT2D eigenvalue weighted by Gasteiger charge is -2.27. The number of nitrogens with zero attached hydrogens (tertiary/aromatic N) is 3. The van der Waals surface area contributed by atoms with E-state index in [1.165, 1.54) is 6.42 Å². The van der Waals surface area contributed by atoms with E-state index in [0.717, 1.165) is 70.5 Å². The highest BCUT2D eigenvalue weighted by Crippen LogP contribution is 2.30. The Bertz CT molecular complexity index is 1150. The molecule has 5 rings (SSSR count). The van der Waals surface area contributed by atoms with Crippen LogP contribution in [0.25, 0.3) is 33.5 Å². The van der Waals surface area contributed by atoms with E-state index in [-0.39, 0.29) is 0 Å². The van der Waals surface area contributed by atoms with Gasteiger partial charge in [-0.25, -0.2) is 4.98 Å². The Morgan fingerprint density at radius 3 is 2.86 bits per heavy atom. The Morgan fingerprint density at radius 1 is 1.10 bits per heavy atom. The van der Waals surface area contributed by atoms with Gasteiger partial charge in [-0.05, 0) is 62.7 Å². The minimum absolute atomic E-state index is 0.802. The van der Waals surface area contributed by atoms with Crippen molar-refractivity contribution in [2.75, 3.05) is 25.0 Å². The van der Waals surface area contributed by atoms with Crippen molar-refractivity contribution in [1.82, 2.24) is 25.3 Å². The highest BCUT2D eigenvalue weighted by Gasteiger charge is 2.16. The molecule has 1 aliphatic rings. The average Bonchev–Trinajstić information content (AvgIpc) is 3.19. The van der Waals surface area contributed by atoms with Crippen LogP contribution in [0.2, 0.25) is 0 Å². The Labute approximate surface area is 169 Å². The van der Waals surface area contributed by atoms with E-state index in [2.05, 4.69) is 54.8 Å². The molecule has 0 atom stereocenters. The standard InChI is InChI=1S/C23H24N6/c1-15-3-2-4-21(29-15)23-22(27-14-28-23)17-5-6-20-18(9-17)10-19(13-26-20)25-8-7-16-11-24-12-16/h2-6,9-10,13-14,16,24-25H,7-8,11-12H2,1H3,(H,27,28). The van der Waals surface area contributed by atoms with Crippen LogP contribution in [0.5, 0.6) is 0 Å². The highest BCUT2D eigenvalue weighted by atomic mass is 15.0. The first-order valence-electron chi connectivity index (χ1n) is 10.1. The maximum absolute atomic E-state index is 4.64. The number of hydrogen-bond acceptors (Lipinski definition) is 5. The number of anilines is 1. The summed E-state index contributed by atoms with van der Waals surface area (Å²) in [5.41, 5.74) is 6.82. The van der Waals surface area contributed by atoms with E-state index in [4.69, 9.17) is 0 Å². The number of aromatic amines is 1. The van der Waals surface area contributed by atoms with Gasteiger partial charge in [0, 0.05) is 23.2 Å². The Balaban J connectivity index is 1.43. The number of aryl methyl sites for hydroxylation is 1. The fourth-order valence-corrected chi connectivity index (χ4v) is 3.74. The van der Waals surface area contributed by atoms with Crippen LogP contribution in [0.4, 0.5) is 5.69 Å². The van der Waals surface area contributed by atoms with Gasteiger partial charge in [0.25, 0.3) is 0 Å². The summed E-state index contributed by atoms with van der Waals surface area (Å²) >= 11 is 0. The van der Waals surface area contributed by atoms with E-state index in [1.807, 2.05) is 31.3 Å². The van der Waals surface area contributed by atoms with E-state index in [9.17, 15) is 0 Å². The molecular formula is C23H24N6. The average molecular weight is 384 g/mol. The van der Waals surface area contributed by atoms with Crippen LogP contribution >= 0.6 is 0 Å². The molecule has 0 radical (unpaired) electrons. The minimum Gasteiger partial charge on any atom is -0.384 e. The highest BCUT2D eigenvalue weighted by molar-refractivity contribution is 5.88. The van der Waals surface area contributed by atoms with E-state index in [1.54, 1.807) is 6.33 Å². The number of benzene rings is 1. The monoisotopic (exact) mass is 384 g/mol. The number of nitrogens with one attached hydrogen (secondary N) is 3. The molecule has 0 bridgehead atoms. The third-order valence-corrected chi connectivity index (χ3v) is 5.49. The van der Waals surface area contributed by atoms with Crippen molar-refractivity contribution < 1.29 is 0 Å². The van der Waals surface area contributed by atoms with Gasteiger partial charge in [0.05, 0.1) is 40.8 Å². The summed E-state index contributed by atoms with van der Waals surface area (Å²) in [6, 6.07) is 14.5. The molecule has 6 heteroatoms. The van der Waals surface area contributed by atoms with Gasteiger partial charge in [-0.2, -0.15) is 0 Å². The van der Waals surface area contributed by atoms with Gasteiger partial charge in [-0.3, -0.25) is 9.97 Å². The van der Waals surface area contributed by atoms with Crippen LogP contribution in [-0.2, 0) is 0 Å². The van der Waals surface area contributed by atoms with Gasteiger partial charge >= 0.3 is 0 Å². The van der Waals surface area contributed by atoms with Crippen molar-refractivity contribution >= 4 is 16.6 Å². The summed E-state index contributed by atoms with van der Waals surface area (Å²) in [6.45, 7) is 5.25. The fraction of sp³-hybridized carbons (Fsp3) is 0.261. The third-order valence-electron chi connectivity index (χ3n) is 5.49. The number of imidazole rings is 1. The molecule has 0 spiro atoms. The summed E-state index contributed by atoms with van der Waals surface area (Å²) in [4.78, 5) is 17.1. The molecule has 1 saturated heterocycles. The van der Waals surface area contributed by atoms with E-state index < -0.39 is 0 Å². The second kappa shape index (κ2) is 7.64. The number of pyridine rings is 2. The van der Waals surface area contributed by atoms with Crippen LogP contribution in [0.3, 0.4) is 0 Å². The van der Waals surface area contributed by atoms with Gasteiger partial charge < -0.3 is 15.6 Å². The predicted molar refractivity (Wildman–Crippen MR) is 117 cm³/mol. The molecule has 0 unspecified atom stereocenters.